The lowest BCUT2D eigenvalue weighted by atomic mass is 10.0. The number of carbonyl (C=O) groups is 2. The normalized spacial score (nSPS) is 12.6. The van der Waals surface area contributed by atoms with Gasteiger partial charge >= 0.3 is 5.97 Å². The number of rotatable bonds is 68. The van der Waals surface area contributed by atoms with Gasteiger partial charge in [-0.3, -0.25) is 9.59 Å². The molecule has 6 heteroatoms. The van der Waals surface area contributed by atoms with Gasteiger partial charge < -0.3 is 20.3 Å². The van der Waals surface area contributed by atoms with Crippen LogP contribution in [0.1, 0.15) is 406 Å². The number of aliphatic hydroxyl groups excluding tert-OH is 2. The summed E-state index contributed by atoms with van der Waals surface area (Å²) in [5, 5.41) is 23.2. The largest absolute Gasteiger partial charge is 0.466 e. The Hall–Kier alpha value is -1.66. The number of unbranched alkanes of at least 4 members (excludes halogenated alkanes) is 55. The second kappa shape index (κ2) is 68.8. The van der Waals surface area contributed by atoms with E-state index in [-0.39, 0.29) is 18.5 Å². The maximum atomic E-state index is 12.5. The van der Waals surface area contributed by atoms with Crippen molar-refractivity contribution in [1.82, 2.24) is 5.32 Å². The van der Waals surface area contributed by atoms with Gasteiger partial charge in [-0.05, 0) is 57.8 Å². The quantitative estimate of drug-likeness (QED) is 0.0320. The highest BCUT2D eigenvalue weighted by Crippen LogP contribution is 2.19. The van der Waals surface area contributed by atoms with Crippen LogP contribution in [0.3, 0.4) is 0 Å². The standard InChI is InChI=1S/C73H141NO5/c1-3-5-7-9-11-13-15-17-19-20-31-34-38-41-45-49-53-57-61-65-71(76)70(69-75)74-72(77)66-62-58-54-50-46-42-39-35-32-29-27-25-23-21-22-24-26-28-30-33-36-40-44-48-52-56-60-64-68-79-73(78)67-63-59-55-51-47-43-37-18-16-14-12-10-8-6-4-2/h18,37,61,65,70-71,75-76H,3-17,19-36,38-60,62-64,66-69H2,1-2H3,(H,74,77)/b37-18-,65-61+. The van der Waals surface area contributed by atoms with Crippen LogP contribution in [0.25, 0.3) is 0 Å². The highest BCUT2D eigenvalue weighted by Gasteiger charge is 2.18. The maximum absolute atomic E-state index is 12.5. The molecule has 6 nitrogen and oxygen atoms in total. The second-order valence-corrected chi connectivity index (χ2v) is 24.9. The smallest absolute Gasteiger partial charge is 0.305 e. The van der Waals surface area contributed by atoms with Gasteiger partial charge in [0.2, 0.25) is 5.91 Å². The zero-order valence-corrected chi connectivity index (χ0v) is 53.6. The van der Waals surface area contributed by atoms with Crippen LogP contribution < -0.4 is 5.32 Å². The van der Waals surface area contributed by atoms with Crippen molar-refractivity contribution in [3.8, 4) is 0 Å². The topological polar surface area (TPSA) is 95.9 Å². The van der Waals surface area contributed by atoms with E-state index in [2.05, 4.69) is 31.3 Å². The Kier molecular flexibility index (Phi) is 67.4. The van der Waals surface area contributed by atoms with Crippen molar-refractivity contribution in [2.24, 2.45) is 0 Å². The summed E-state index contributed by atoms with van der Waals surface area (Å²) in [5.41, 5.74) is 0. The van der Waals surface area contributed by atoms with E-state index in [0.717, 1.165) is 44.9 Å². The number of amides is 1. The number of nitrogens with one attached hydrogen (secondary N) is 1. The first kappa shape index (κ1) is 77.3. The van der Waals surface area contributed by atoms with Crippen LogP contribution in [0.5, 0.6) is 0 Å². The molecule has 0 fully saturated rings. The first-order valence-corrected chi connectivity index (χ1v) is 36.1. The molecule has 0 rings (SSSR count). The Labute approximate surface area is 494 Å². The molecule has 2 unspecified atom stereocenters. The van der Waals surface area contributed by atoms with Gasteiger partial charge in [0.15, 0.2) is 0 Å². The zero-order chi connectivity index (χ0) is 57.1. The Bertz CT molecular complexity index is 1230. The van der Waals surface area contributed by atoms with Crippen molar-refractivity contribution in [3.63, 3.8) is 0 Å². The molecule has 0 aromatic rings. The summed E-state index contributed by atoms with van der Waals surface area (Å²) in [6.07, 6.45) is 86.9. The molecular weight excluding hydrogens is 971 g/mol. The van der Waals surface area contributed by atoms with Crippen LogP contribution in [-0.2, 0) is 14.3 Å². The van der Waals surface area contributed by atoms with Crippen LogP contribution in [-0.4, -0.2) is 47.4 Å². The van der Waals surface area contributed by atoms with Gasteiger partial charge in [-0.1, -0.05) is 359 Å². The number of hydrogen-bond donors (Lipinski definition) is 3. The lowest BCUT2D eigenvalue weighted by molar-refractivity contribution is -0.143. The highest BCUT2D eigenvalue weighted by molar-refractivity contribution is 5.76. The Morgan fingerprint density at radius 1 is 0.342 bits per heavy atom. The summed E-state index contributed by atoms with van der Waals surface area (Å²) in [6.45, 7) is 4.94. The second-order valence-electron chi connectivity index (χ2n) is 24.9. The number of ether oxygens (including phenoxy) is 1. The van der Waals surface area contributed by atoms with Gasteiger partial charge in [-0.15, -0.1) is 0 Å². The van der Waals surface area contributed by atoms with E-state index in [4.69, 9.17) is 4.74 Å². The first-order valence-electron chi connectivity index (χ1n) is 36.1. The number of esters is 1. The molecule has 0 aromatic carbocycles. The van der Waals surface area contributed by atoms with E-state index < -0.39 is 12.1 Å². The minimum absolute atomic E-state index is 0.0113. The molecule has 0 spiro atoms. The predicted octanol–water partition coefficient (Wildman–Crippen LogP) is 23.3. The molecule has 468 valence electrons. The van der Waals surface area contributed by atoms with E-state index in [0.29, 0.717) is 19.4 Å². The molecule has 1 amide bonds. The lowest BCUT2D eigenvalue weighted by Gasteiger charge is -2.20. The van der Waals surface area contributed by atoms with Crippen molar-refractivity contribution in [2.75, 3.05) is 13.2 Å². The molecule has 0 aliphatic heterocycles. The molecule has 2 atom stereocenters. The molecule has 3 N–H and O–H groups in total. The molecule has 0 radical (unpaired) electrons. The van der Waals surface area contributed by atoms with Crippen LogP contribution in [0.2, 0.25) is 0 Å². The fraction of sp³-hybridized carbons (Fsp3) is 0.918. The minimum Gasteiger partial charge on any atom is -0.466 e. The molecule has 0 saturated carbocycles. The van der Waals surface area contributed by atoms with E-state index >= 15 is 0 Å². The van der Waals surface area contributed by atoms with Gasteiger partial charge in [0, 0.05) is 12.8 Å². The number of carbonyl (C=O) groups excluding carboxylic acids is 2. The van der Waals surface area contributed by atoms with E-state index in [9.17, 15) is 19.8 Å². The number of allylic oxidation sites excluding steroid dienone is 3. The average molecular weight is 1110 g/mol. The number of hydrogen-bond acceptors (Lipinski definition) is 5. The van der Waals surface area contributed by atoms with E-state index in [1.54, 1.807) is 6.08 Å². The van der Waals surface area contributed by atoms with E-state index in [1.165, 1.54) is 334 Å². The van der Waals surface area contributed by atoms with Gasteiger partial charge in [0.05, 0.1) is 25.4 Å². The summed E-state index contributed by atoms with van der Waals surface area (Å²) in [7, 11) is 0. The monoisotopic (exact) mass is 1110 g/mol. The van der Waals surface area contributed by atoms with Crippen molar-refractivity contribution < 1.29 is 24.5 Å². The fourth-order valence-corrected chi connectivity index (χ4v) is 11.5. The van der Waals surface area contributed by atoms with Gasteiger partial charge in [-0.2, -0.15) is 0 Å². The van der Waals surface area contributed by atoms with Crippen LogP contribution >= 0.6 is 0 Å². The number of aliphatic hydroxyl groups is 2. The highest BCUT2D eigenvalue weighted by atomic mass is 16.5. The first-order chi connectivity index (χ1) is 39.0. The van der Waals surface area contributed by atoms with Crippen LogP contribution in [0, 0.1) is 0 Å². The fourth-order valence-electron chi connectivity index (χ4n) is 11.5. The lowest BCUT2D eigenvalue weighted by Crippen LogP contribution is -2.45. The van der Waals surface area contributed by atoms with Crippen LogP contribution in [0.15, 0.2) is 24.3 Å². The summed E-state index contributed by atoms with van der Waals surface area (Å²) in [6, 6.07) is -0.626. The molecule has 0 heterocycles. The summed E-state index contributed by atoms with van der Waals surface area (Å²) >= 11 is 0. The summed E-state index contributed by atoms with van der Waals surface area (Å²) in [4.78, 5) is 24.6. The summed E-state index contributed by atoms with van der Waals surface area (Å²) < 4.78 is 5.49. The zero-order valence-electron chi connectivity index (χ0n) is 53.6. The average Bonchev–Trinajstić information content (AvgIpc) is 3.45. The SMILES string of the molecule is CCCCCCCC/C=C\CCCCCCCC(=O)OCCCCCCCCCCCCCCCCCCCCCCCCCCCCCCC(=O)NC(CO)C(O)/C=C/CCCCCCCCCCCCCCCCCCC. The third-order valence-electron chi connectivity index (χ3n) is 17.0. The van der Waals surface area contributed by atoms with Gasteiger partial charge in [0.25, 0.3) is 0 Å². The van der Waals surface area contributed by atoms with Crippen molar-refractivity contribution >= 4 is 11.9 Å². The molecular formula is C73H141NO5. The molecule has 0 aliphatic rings. The third kappa shape index (κ3) is 65.4. The maximum Gasteiger partial charge on any atom is 0.305 e. The van der Waals surface area contributed by atoms with Gasteiger partial charge in [0.1, 0.15) is 0 Å². The third-order valence-corrected chi connectivity index (χ3v) is 17.0. The molecule has 0 aromatic heterocycles. The minimum atomic E-state index is -0.843. The Morgan fingerprint density at radius 2 is 0.595 bits per heavy atom. The van der Waals surface area contributed by atoms with Crippen molar-refractivity contribution in [3.05, 3.63) is 24.3 Å². The Morgan fingerprint density at radius 3 is 0.899 bits per heavy atom. The summed E-state index contributed by atoms with van der Waals surface area (Å²) in [5.74, 6) is -0.0498. The van der Waals surface area contributed by atoms with Crippen molar-refractivity contribution in [1.29, 1.82) is 0 Å². The Balaban J connectivity index is 3.36. The predicted molar refractivity (Wildman–Crippen MR) is 347 cm³/mol. The van der Waals surface area contributed by atoms with Crippen molar-refractivity contribution in [2.45, 2.75) is 418 Å². The molecule has 79 heavy (non-hydrogen) atoms. The van der Waals surface area contributed by atoms with Gasteiger partial charge in [-0.25, -0.2) is 0 Å². The molecule has 0 bridgehead atoms. The van der Waals surface area contributed by atoms with Crippen LogP contribution in [0.4, 0.5) is 0 Å². The van der Waals surface area contributed by atoms with E-state index in [1.807, 2.05) is 6.08 Å². The molecule has 0 saturated heterocycles. The molecule has 0 aliphatic carbocycles.